The monoisotopic (exact) mass is 328 g/mol. The molecule has 2 aromatic rings. The first-order valence-corrected chi connectivity index (χ1v) is 7.50. The second kappa shape index (κ2) is 6.91. The van der Waals surface area contributed by atoms with Crippen molar-refractivity contribution >= 4 is 27.5 Å². The molecule has 22 heavy (non-hydrogen) atoms. The Labute approximate surface area is 130 Å². The summed E-state index contributed by atoms with van der Waals surface area (Å²) < 4.78 is 38.4. The molecule has 1 aromatic carbocycles. The van der Waals surface area contributed by atoms with Crippen molar-refractivity contribution in [2.24, 2.45) is 0 Å². The number of benzene rings is 1. The molecular weight excluding hydrogens is 313 g/mol. The van der Waals surface area contributed by atoms with Crippen molar-refractivity contribution in [2.75, 3.05) is 13.1 Å². The number of rotatable bonds is 6. The maximum atomic E-state index is 12.5. The average Bonchev–Trinajstić information content (AvgIpc) is 2.85. The number of amides is 1. The molecule has 7 heteroatoms. The van der Waals surface area contributed by atoms with Gasteiger partial charge in [-0.25, -0.2) is 4.98 Å². The van der Waals surface area contributed by atoms with Crippen molar-refractivity contribution in [1.82, 2.24) is 9.88 Å². The Hall–Kier alpha value is -1.89. The summed E-state index contributed by atoms with van der Waals surface area (Å²) in [7, 11) is 0. The predicted octanol–water partition coefficient (Wildman–Crippen LogP) is 3.81. The summed E-state index contributed by atoms with van der Waals surface area (Å²) in [6, 6.07) is 7.55. The largest absolute Gasteiger partial charge is 0.406 e. The molecular formula is C15H15F3N2OS. The van der Waals surface area contributed by atoms with Gasteiger partial charge in [-0.05, 0) is 12.1 Å². The lowest BCUT2D eigenvalue weighted by molar-refractivity contribution is -0.160. The van der Waals surface area contributed by atoms with Crippen molar-refractivity contribution in [3.05, 3.63) is 41.9 Å². The molecule has 0 atom stereocenters. The fraction of sp³-hybridized carbons (Fsp3) is 0.333. The molecule has 0 aliphatic heterocycles. The van der Waals surface area contributed by atoms with E-state index in [2.05, 4.69) is 11.6 Å². The molecule has 1 aromatic heterocycles. The lowest BCUT2D eigenvalue weighted by atomic mass is 10.2. The molecule has 0 bridgehead atoms. The first-order valence-electron chi connectivity index (χ1n) is 6.69. The van der Waals surface area contributed by atoms with E-state index in [9.17, 15) is 18.0 Å². The van der Waals surface area contributed by atoms with Crippen LogP contribution in [0.25, 0.3) is 10.2 Å². The highest BCUT2D eigenvalue weighted by atomic mass is 32.1. The third-order valence-corrected chi connectivity index (χ3v) is 4.06. The van der Waals surface area contributed by atoms with Gasteiger partial charge in [0, 0.05) is 19.4 Å². The highest BCUT2D eigenvalue weighted by Crippen LogP contribution is 2.23. The van der Waals surface area contributed by atoms with Crippen molar-refractivity contribution < 1.29 is 18.0 Å². The Morgan fingerprint density at radius 3 is 2.73 bits per heavy atom. The Balaban J connectivity index is 1.98. The summed E-state index contributed by atoms with van der Waals surface area (Å²) in [5.74, 6) is -0.545. The van der Waals surface area contributed by atoms with Gasteiger partial charge in [0.1, 0.15) is 6.54 Å². The van der Waals surface area contributed by atoms with Gasteiger partial charge < -0.3 is 4.90 Å². The quantitative estimate of drug-likeness (QED) is 0.756. The molecule has 0 fully saturated rings. The fourth-order valence-electron chi connectivity index (χ4n) is 2.03. The normalized spacial score (nSPS) is 11.6. The molecule has 0 saturated carbocycles. The highest BCUT2D eigenvalue weighted by Gasteiger charge is 2.32. The van der Waals surface area contributed by atoms with Gasteiger partial charge in [0.25, 0.3) is 0 Å². The molecule has 2 rings (SSSR count). The van der Waals surface area contributed by atoms with Crippen molar-refractivity contribution in [3.63, 3.8) is 0 Å². The third-order valence-electron chi connectivity index (χ3n) is 2.96. The number of para-hydroxylation sites is 1. The van der Waals surface area contributed by atoms with Gasteiger partial charge in [0.2, 0.25) is 5.91 Å². The molecule has 118 valence electrons. The number of carbonyl (C=O) groups is 1. The highest BCUT2D eigenvalue weighted by molar-refractivity contribution is 7.18. The Kier molecular flexibility index (Phi) is 5.18. The number of alkyl halides is 3. The summed E-state index contributed by atoms with van der Waals surface area (Å²) in [5, 5.41) is 0.750. The molecule has 3 nitrogen and oxygen atoms in total. The van der Waals surface area contributed by atoms with Crippen LogP contribution in [-0.4, -0.2) is 35.1 Å². The van der Waals surface area contributed by atoms with Gasteiger partial charge >= 0.3 is 6.18 Å². The number of aromatic nitrogens is 1. The van der Waals surface area contributed by atoms with Gasteiger partial charge in [0.15, 0.2) is 0 Å². The number of fused-ring (bicyclic) bond motifs is 1. The topological polar surface area (TPSA) is 33.2 Å². The summed E-state index contributed by atoms with van der Waals surface area (Å²) in [6.45, 7) is 2.02. The van der Waals surface area contributed by atoms with Crippen LogP contribution in [-0.2, 0) is 11.2 Å². The minimum atomic E-state index is -4.41. The first kappa shape index (κ1) is 16.5. The molecule has 0 N–H and O–H groups in total. The lowest BCUT2D eigenvalue weighted by Crippen LogP contribution is -2.39. The molecule has 1 heterocycles. The van der Waals surface area contributed by atoms with E-state index in [1.165, 1.54) is 17.4 Å². The van der Waals surface area contributed by atoms with Crippen LogP contribution < -0.4 is 0 Å². The van der Waals surface area contributed by atoms with Gasteiger partial charge in [-0.15, -0.1) is 17.9 Å². The number of aryl methyl sites for hydroxylation is 1. The first-order chi connectivity index (χ1) is 10.4. The van der Waals surface area contributed by atoms with Crippen LogP contribution in [0.5, 0.6) is 0 Å². The van der Waals surface area contributed by atoms with E-state index in [4.69, 9.17) is 0 Å². The number of thiazole rings is 1. The van der Waals surface area contributed by atoms with Crippen LogP contribution in [0.2, 0.25) is 0 Å². The van der Waals surface area contributed by atoms with Gasteiger partial charge in [0.05, 0.1) is 15.2 Å². The molecule has 1 amide bonds. The van der Waals surface area contributed by atoms with Crippen LogP contribution in [0, 0.1) is 0 Å². The minimum absolute atomic E-state index is 0.00371. The predicted molar refractivity (Wildman–Crippen MR) is 80.8 cm³/mol. The summed E-state index contributed by atoms with van der Waals surface area (Å²) in [6.07, 6.45) is -2.77. The van der Waals surface area contributed by atoms with Crippen LogP contribution in [0.15, 0.2) is 36.9 Å². The van der Waals surface area contributed by atoms with E-state index in [-0.39, 0.29) is 13.0 Å². The fourth-order valence-corrected chi connectivity index (χ4v) is 2.99. The Morgan fingerprint density at radius 1 is 1.36 bits per heavy atom. The van der Waals surface area contributed by atoms with Crippen molar-refractivity contribution in [3.8, 4) is 0 Å². The van der Waals surface area contributed by atoms with E-state index in [0.717, 1.165) is 20.1 Å². The Bertz CT molecular complexity index is 633. The van der Waals surface area contributed by atoms with Crippen LogP contribution in [0.3, 0.4) is 0 Å². The maximum absolute atomic E-state index is 12.5. The molecule has 0 aliphatic carbocycles. The zero-order valence-corrected chi connectivity index (χ0v) is 12.6. The average molecular weight is 328 g/mol. The number of nitrogens with zero attached hydrogens (tertiary/aromatic N) is 2. The molecule has 0 unspecified atom stereocenters. The standard InChI is InChI=1S/C15H15F3N2OS/c1-2-9-20(10-15(16,17)18)14(21)8-7-13-19-11-5-3-4-6-12(11)22-13/h2-6H,1,7-10H2. The van der Waals surface area contributed by atoms with E-state index >= 15 is 0 Å². The maximum Gasteiger partial charge on any atom is 0.406 e. The summed E-state index contributed by atoms with van der Waals surface area (Å²) >= 11 is 1.45. The van der Waals surface area contributed by atoms with Gasteiger partial charge in [-0.3, -0.25) is 4.79 Å². The molecule has 0 radical (unpaired) electrons. The van der Waals surface area contributed by atoms with E-state index in [0.29, 0.717) is 6.42 Å². The van der Waals surface area contributed by atoms with Crippen LogP contribution in [0.4, 0.5) is 13.2 Å². The third kappa shape index (κ3) is 4.56. The number of hydrogen-bond acceptors (Lipinski definition) is 3. The zero-order valence-electron chi connectivity index (χ0n) is 11.8. The van der Waals surface area contributed by atoms with E-state index < -0.39 is 18.6 Å². The van der Waals surface area contributed by atoms with Crippen molar-refractivity contribution in [2.45, 2.75) is 19.0 Å². The lowest BCUT2D eigenvalue weighted by Gasteiger charge is -2.22. The number of halogens is 3. The summed E-state index contributed by atoms with van der Waals surface area (Å²) in [5.41, 5.74) is 0.841. The SMILES string of the molecule is C=CCN(CC(F)(F)F)C(=O)CCc1nc2ccccc2s1. The molecule has 0 spiro atoms. The van der Waals surface area contributed by atoms with Crippen LogP contribution in [0.1, 0.15) is 11.4 Å². The van der Waals surface area contributed by atoms with Gasteiger partial charge in [-0.2, -0.15) is 13.2 Å². The molecule has 0 saturated heterocycles. The minimum Gasteiger partial charge on any atom is -0.330 e. The second-order valence-electron chi connectivity index (χ2n) is 4.75. The second-order valence-corrected chi connectivity index (χ2v) is 5.87. The Morgan fingerprint density at radius 2 is 2.09 bits per heavy atom. The number of hydrogen-bond donors (Lipinski definition) is 0. The van der Waals surface area contributed by atoms with E-state index in [1.807, 2.05) is 24.3 Å². The zero-order chi connectivity index (χ0) is 16.2. The smallest absolute Gasteiger partial charge is 0.330 e. The van der Waals surface area contributed by atoms with Gasteiger partial charge in [-0.1, -0.05) is 18.2 Å². The number of carbonyl (C=O) groups excluding carboxylic acids is 1. The van der Waals surface area contributed by atoms with Crippen LogP contribution >= 0.6 is 11.3 Å². The van der Waals surface area contributed by atoms with Crippen molar-refractivity contribution in [1.29, 1.82) is 0 Å². The summed E-state index contributed by atoms with van der Waals surface area (Å²) in [4.78, 5) is 17.1. The van der Waals surface area contributed by atoms with E-state index in [1.54, 1.807) is 0 Å². The molecule has 0 aliphatic rings.